The maximum Gasteiger partial charge on any atom is 0.126 e. The topological polar surface area (TPSA) is 38.7 Å². The Balaban J connectivity index is 1.92. The number of benzene rings is 1. The largest absolute Gasteiger partial charge is 0.487 e. The molecule has 20 heavy (non-hydrogen) atoms. The summed E-state index contributed by atoms with van der Waals surface area (Å²) in [7, 11) is 0. The van der Waals surface area contributed by atoms with Crippen molar-refractivity contribution in [3.8, 4) is 5.75 Å². The summed E-state index contributed by atoms with van der Waals surface area (Å²) in [5.41, 5.74) is 0.448. The number of aliphatic hydroxyl groups excluding tert-OH is 1. The van der Waals surface area contributed by atoms with Crippen molar-refractivity contribution < 1.29 is 14.6 Å². The predicted molar refractivity (Wildman–Crippen MR) is 81.0 cm³/mol. The highest BCUT2D eigenvalue weighted by molar-refractivity contribution is 9.10. The molecule has 1 aromatic carbocycles. The second-order valence-corrected chi connectivity index (χ2v) is 7.18. The first-order valence-electron chi connectivity index (χ1n) is 7.26. The molecule has 0 saturated carbocycles. The molecule has 0 aliphatic carbocycles. The minimum atomic E-state index is -0.463. The zero-order chi connectivity index (χ0) is 14.4. The highest BCUT2D eigenvalue weighted by Gasteiger charge is 2.48. The van der Waals surface area contributed by atoms with Gasteiger partial charge in [0.1, 0.15) is 11.4 Å². The zero-order valence-electron chi connectivity index (χ0n) is 12.0. The van der Waals surface area contributed by atoms with E-state index in [0.717, 1.165) is 35.0 Å². The molecule has 110 valence electrons. The summed E-state index contributed by atoms with van der Waals surface area (Å²) in [5.74, 6) is 0.812. The Kier molecular flexibility index (Phi) is 3.59. The molecule has 3 rings (SSSR count). The number of hydrogen-bond donors (Lipinski definition) is 1. The van der Waals surface area contributed by atoms with Gasteiger partial charge in [-0.2, -0.15) is 0 Å². The predicted octanol–water partition coefficient (Wildman–Crippen LogP) is 3.98. The van der Waals surface area contributed by atoms with E-state index >= 15 is 0 Å². The molecule has 0 aromatic heterocycles. The van der Waals surface area contributed by atoms with Crippen LogP contribution in [0.2, 0.25) is 0 Å². The molecular formula is C16H21BrO3. The van der Waals surface area contributed by atoms with E-state index in [9.17, 15) is 5.11 Å². The van der Waals surface area contributed by atoms with Crippen LogP contribution in [0.1, 0.15) is 51.2 Å². The van der Waals surface area contributed by atoms with Gasteiger partial charge in [-0.05, 0) is 31.5 Å². The van der Waals surface area contributed by atoms with E-state index in [1.54, 1.807) is 0 Å². The molecule has 2 heterocycles. The molecule has 0 radical (unpaired) electrons. The maximum atomic E-state index is 10.5. The van der Waals surface area contributed by atoms with Crippen LogP contribution in [-0.4, -0.2) is 22.9 Å². The van der Waals surface area contributed by atoms with Gasteiger partial charge < -0.3 is 14.6 Å². The van der Waals surface area contributed by atoms with Gasteiger partial charge in [0, 0.05) is 29.3 Å². The van der Waals surface area contributed by atoms with Crippen molar-refractivity contribution in [2.75, 3.05) is 6.61 Å². The van der Waals surface area contributed by atoms with E-state index in [1.807, 2.05) is 18.2 Å². The summed E-state index contributed by atoms with van der Waals surface area (Å²) in [6, 6.07) is 5.86. The third kappa shape index (κ3) is 2.49. The monoisotopic (exact) mass is 340 g/mol. The Hall–Kier alpha value is -0.580. The van der Waals surface area contributed by atoms with E-state index in [0.29, 0.717) is 13.0 Å². The van der Waals surface area contributed by atoms with Gasteiger partial charge in [-0.1, -0.05) is 22.9 Å². The lowest BCUT2D eigenvalue weighted by Gasteiger charge is -2.49. The van der Waals surface area contributed by atoms with Crippen molar-refractivity contribution in [2.24, 2.45) is 0 Å². The van der Waals surface area contributed by atoms with Crippen LogP contribution in [0, 0.1) is 0 Å². The Morgan fingerprint density at radius 1 is 1.45 bits per heavy atom. The summed E-state index contributed by atoms with van der Waals surface area (Å²) in [5, 5.41) is 10.5. The summed E-state index contributed by atoms with van der Waals surface area (Å²) in [6.07, 6.45) is 2.82. The van der Waals surface area contributed by atoms with Crippen LogP contribution >= 0.6 is 15.9 Å². The van der Waals surface area contributed by atoms with Crippen molar-refractivity contribution in [1.82, 2.24) is 0 Å². The lowest BCUT2D eigenvalue weighted by atomic mass is 9.76. The van der Waals surface area contributed by atoms with Crippen LogP contribution < -0.4 is 4.74 Å². The van der Waals surface area contributed by atoms with Gasteiger partial charge in [0.2, 0.25) is 0 Å². The number of aliphatic hydroxyl groups is 1. The van der Waals surface area contributed by atoms with Gasteiger partial charge in [-0.15, -0.1) is 0 Å². The fourth-order valence-corrected chi connectivity index (χ4v) is 3.78. The smallest absolute Gasteiger partial charge is 0.126 e. The second-order valence-electron chi connectivity index (χ2n) is 6.27. The van der Waals surface area contributed by atoms with Gasteiger partial charge >= 0.3 is 0 Å². The summed E-state index contributed by atoms with van der Waals surface area (Å²) in [4.78, 5) is 0. The number of rotatable bonds is 1. The minimum Gasteiger partial charge on any atom is -0.487 e. The Bertz CT molecular complexity index is 518. The molecule has 2 aliphatic rings. The second kappa shape index (κ2) is 5.00. The van der Waals surface area contributed by atoms with Gasteiger partial charge in [0.05, 0.1) is 18.3 Å². The SMILES string of the molecule is CCC1(C)CC2(CCO1)CC(O)c1cc(Br)ccc1O2. The molecule has 1 spiro atoms. The van der Waals surface area contributed by atoms with Crippen LogP contribution in [0.3, 0.4) is 0 Å². The molecule has 1 N–H and O–H groups in total. The van der Waals surface area contributed by atoms with E-state index in [4.69, 9.17) is 9.47 Å². The maximum absolute atomic E-state index is 10.5. The van der Waals surface area contributed by atoms with Crippen LogP contribution in [0.25, 0.3) is 0 Å². The first-order chi connectivity index (χ1) is 9.45. The van der Waals surface area contributed by atoms with Crippen LogP contribution in [0.4, 0.5) is 0 Å². The fourth-order valence-electron chi connectivity index (χ4n) is 3.40. The average molecular weight is 341 g/mol. The number of fused-ring (bicyclic) bond motifs is 1. The van der Waals surface area contributed by atoms with Gasteiger partial charge in [-0.3, -0.25) is 0 Å². The van der Waals surface area contributed by atoms with Crippen molar-refractivity contribution >= 4 is 15.9 Å². The number of hydrogen-bond acceptors (Lipinski definition) is 3. The molecule has 1 saturated heterocycles. The zero-order valence-corrected chi connectivity index (χ0v) is 13.6. The first-order valence-corrected chi connectivity index (χ1v) is 8.05. The van der Waals surface area contributed by atoms with E-state index in [2.05, 4.69) is 29.8 Å². The Morgan fingerprint density at radius 3 is 3.00 bits per heavy atom. The van der Waals surface area contributed by atoms with Crippen molar-refractivity contribution in [3.63, 3.8) is 0 Å². The lowest BCUT2D eigenvalue weighted by Crippen LogP contribution is -2.52. The van der Waals surface area contributed by atoms with Crippen LogP contribution in [0.15, 0.2) is 22.7 Å². The Labute approximate surface area is 128 Å². The van der Waals surface area contributed by atoms with Gasteiger partial charge in [-0.25, -0.2) is 0 Å². The highest BCUT2D eigenvalue weighted by Crippen LogP contribution is 2.48. The van der Waals surface area contributed by atoms with Gasteiger partial charge in [0.25, 0.3) is 0 Å². The third-order valence-electron chi connectivity index (χ3n) is 4.67. The van der Waals surface area contributed by atoms with Crippen molar-refractivity contribution in [3.05, 3.63) is 28.2 Å². The van der Waals surface area contributed by atoms with Crippen LogP contribution in [-0.2, 0) is 4.74 Å². The molecule has 2 aliphatic heterocycles. The normalized spacial score (nSPS) is 36.5. The fraction of sp³-hybridized carbons (Fsp3) is 0.625. The van der Waals surface area contributed by atoms with E-state index in [-0.39, 0.29) is 11.2 Å². The first kappa shape index (κ1) is 14.4. The van der Waals surface area contributed by atoms with Crippen LogP contribution in [0.5, 0.6) is 5.75 Å². The molecule has 3 unspecified atom stereocenters. The quantitative estimate of drug-likeness (QED) is 0.840. The summed E-state index contributed by atoms with van der Waals surface area (Å²) in [6.45, 7) is 4.98. The standard InChI is InChI=1S/C16H21BrO3/c1-3-15(2)10-16(6-7-19-15)9-13(18)12-8-11(17)4-5-14(12)20-16/h4-5,8,13,18H,3,6-7,9-10H2,1-2H3. The molecule has 0 amide bonds. The number of ether oxygens (including phenoxy) is 2. The molecule has 1 aromatic rings. The molecule has 0 bridgehead atoms. The molecule has 4 heteroatoms. The highest BCUT2D eigenvalue weighted by atomic mass is 79.9. The van der Waals surface area contributed by atoms with E-state index < -0.39 is 6.10 Å². The van der Waals surface area contributed by atoms with Crippen molar-refractivity contribution in [2.45, 2.75) is 56.8 Å². The average Bonchev–Trinajstić information content (AvgIpc) is 2.40. The third-order valence-corrected chi connectivity index (χ3v) is 5.17. The van der Waals surface area contributed by atoms with E-state index in [1.165, 1.54) is 0 Å². The molecule has 3 nitrogen and oxygen atoms in total. The molecule has 3 atom stereocenters. The summed E-state index contributed by atoms with van der Waals surface area (Å²) >= 11 is 3.45. The summed E-state index contributed by atoms with van der Waals surface area (Å²) < 4.78 is 13.2. The number of halogens is 1. The van der Waals surface area contributed by atoms with Crippen molar-refractivity contribution in [1.29, 1.82) is 0 Å². The minimum absolute atomic E-state index is 0.148. The lowest BCUT2D eigenvalue weighted by molar-refractivity contribution is -0.160. The molecular weight excluding hydrogens is 320 g/mol. The molecule has 1 fully saturated rings. The Morgan fingerprint density at radius 2 is 2.25 bits per heavy atom. The van der Waals surface area contributed by atoms with Gasteiger partial charge in [0.15, 0.2) is 0 Å².